The fourth-order valence-electron chi connectivity index (χ4n) is 2.95. The molecule has 1 aromatic heterocycles. The van der Waals surface area contributed by atoms with Gasteiger partial charge in [-0.25, -0.2) is 0 Å². The van der Waals surface area contributed by atoms with Crippen LogP contribution in [0.1, 0.15) is 36.4 Å². The van der Waals surface area contributed by atoms with Crippen molar-refractivity contribution in [2.45, 2.75) is 32.1 Å². The minimum atomic E-state index is -0.114. The molecule has 0 unspecified atom stereocenters. The van der Waals surface area contributed by atoms with E-state index in [4.69, 9.17) is 0 Å². The Morgan fingerprint density at radius 2 is 2.33 bits per heavy atom. The van der Waals surface area contributed by atoms with Gasteiger partial charge in [-0.3, -0.25) is 9.89 Å². The topological polar surface area (TPSA) is 57.8 Å². The summed E-state index contributed by atoms with van der Waals surface area (Å²) in [6.07, 6.45) is 5.07. The van der Waals surface area contributed by atoms with E-state index in [1.54, 1.807) is 0 Å². The third-order valence-electron chi connectivity index (χ3n) is 4.05. The molecule has 2 heterocycles. The minimum absolute atomic E-state index is 0.114. The summed E-state index contributed by atoms with van der Waals surface area (Å²) in [5.74, 6) is 0.550. The highest BCUT2D eigenvalue weighted by atomic mass is 16.2. The molecular formula is C11H15N3O. The summed E-state index contributed by atoms with van der Waals surface area (Å²) in [6.45, 7) is 2.82. The fraction of sp³-hybridized carbons (Fsp3) is 0.636. The van der Waals surface area contributed by atoms with Crippen LogP contribution >= 0.6 is 0 Å². The molecule has 1 aliphatic carbocycles. The maximum absolute atomic E-state index is 11.8. The number of hydrogen-bond donors (Lipinski definition) is 2. The van der Waals surface area contributed by atoms with Crippen molar-refractivity contribution in [1.29, 1.82) is 0 Å². The Morgan fingerprint density at radius 3 is 2.87 bits per heavy atom. The zero-order valence-electron chi connectivity index (χ0n) is 8.84. The predicted octanol–water partition coefficient (Wildman–Crippen LogP) is 1.10. The van der Waals surface area contributed by atoms with Gasteiger partial charge >= 0.3 is 0 Å². The van der Waals surface area contributed by atoms with Gasteiger partial charge in [0.15, 0.2) is 0 Å². The summed E-state index contributed by atoms with van der Waals surface area (Å²) < 4.78 is 0. The van der Waals surface area contributed by atoms with Gasteiger partial charge in [-0.15, -0.1) is 0 Å². The first-order valence-electron chi connectivity index (χ1n) is 5.52. The Morgan fingerprint density at radius 1 is 1.53 bits per heavy atom. The molecule has 1 saturated carbocycles. The molecule has 0 aromatic carbocycles. The van der Waals surface area contributed by atoms with Gasteiger partial charge in [-0.1, -0.05) is 6.42 Å². The van der Waals surface area contributed by atoms with E-state index in [0.717, 1.165) is 25.1 Å². The van der Waals surface area contributed by atoms with Crippen molar-refractivity contribution in [2.75, 3.05) is 6.54 Å². The smallest absolute Gasteiger partial charge is 0.226 e. The van der Waals surface area contributed by atoms with Crippen LogP contribution in [0.2, 0.25) is 0 Å². The lowest BCUT2D eigenvalue weighted by Crippen LogP contribution is -2.40. The Kier molecular flexibility index (Phi) is 1.69. The second-order valence-electron chi connectivity index (χ2n) is 4.74. The first-order chi connectivity index (χ1) is 7.24. The van der Waals surface area contributed by atoms with E-state index < -0.39 is 0 Å². The summed E-state index contributed by atoms with van der Waals surface area (Å²) in [6, 6.07) is 0. The number of rotatable bonds is 1. The molecule has 2 N–H and O–H groups in total. The van der Waals surface area contributed by atoms with Gasteiger partial charge in [0.2, 0.25) is 5.91 Å². The molecule has 4 heteroatoms. The normalized spacial score (nSPS) is 27.8. The Labute approximate surface area is 88.4 Å². The average molecular weight is 205 g/mol. The maximum Gasteiger partial charge on any atom is 0.226 e. The second kappa shape index (κ2) is 2.84. The molecule has 80 valence electrons. The summed E-state index contributed by atoms with van der Waals surface area (Å²) in [4.78, 5) is 11.8. The first-order valence-corrected chi connectivity index (χ1v) is 5.52. The Bertz CT molecular complexity index is 406. The van der Waals surface area contributed by atoms with Crippen molar-refractivity contribution in [3.8, 4) is 0 Å². The van der Waals surface area contributed by atoms with Crippen LogP contribution in [0.25, 0.3) is 0 Å². The summed E-state index contributed by atoms with van der Waals surface area (Å²) >= 11 is 0. The zero-order chi connectivity index (χ0) is 10.5. The number of amides is 1. The van der Waals surface area contributed by atoms with Crippen LogP contribution in [0.5, 0.6) is 0 Å². The van der Waals surface area contributed by atoms with E-state index in [1.807, 2.05) is 13.1 Å². The SMILES string of the molecule is Cc1cn[nH]c1[C@@H]1CNC(=O)C12CCC2. The van der Waals surface area contributed by atoms with Crippen LogP contribution in [0.3, 0.4) is 0 Å². The molecule has 1 amide bonds. The van der Waals surface area contributed by atoms with Gasteiger partial charge in [0.05, 0.1) is 11.6 Å². The van der Waals surface area contributed by atoms with Crippen molar-refractivity contribution < 1.29 is 4.79 Å². The fourth-order valence-corrected chi connectivity index (χ4v) is 2.95. The van der Waals surface area contributed by atoms with Crippen LogP contribution in [0.4, 0.5) is 0 Å². The van der Waals surface area contributed by atoms with Gasteiger partial charge in [0, 0.05) is 18.2 Å². The molecule has 1 aliphatic heterocycles. The molecule has 1 spiro atoms. The number of nitrogens with zero attached hydrogens (tertiary/aromatic N) is 1. The number of aromatic nitrogens is 2. The predicted molar refractivity (Wildman–Crippen MR) is 55.4 cm³/mol. The molecule has 1 atom stereocenters. The summed E-state index contributed by atoms with van der Waals surface area (Å²) in [5, 5.41) is 10.1. The first kappa shape index (κ1) is 8.95. The molecule has 0 bridgehead atoms. The van der Waals surface area contributed by atoms with E-state index in [9.17, 15) is 4.79 Å². The number of nitrogens with one attached hydrogen (secondary N) is 2. The highest BCUT2D eigenvalue weighted by Crippen LogP contribution is 2.54. The lowest BCUT2D eigenvalue weighted by molar-refractivity contribution is -0.132. The van der Waals surface area contributed by atoms with Gasteiger partial charge in [-0.2, -0.15) is 5.10 Å². The number of carbonyl (C=O) groups is 1. The monoisotopic (exact) mass is 205 g/mol. The standard InChI is InChI=1S/C11H15N3O/c1-7-5-13-14-9(7)8-6-12-10(15)11(8)3-2-4-11/h5,8H,2-4,6H2,1H3,(H,12,15)(H,13,14)/t8-/m0/s1. The van der Waals surface area contributed by atoms with Crippen molar-refractivity contribution in [2.24, 2.45) is 5.41 Å². The maximum atomic E-state index is 11.8. The van der Waals surface area contributed by atoms with Crippen LogP contribution in [0, 0.1) is 12.3 Å². The quantitative estimate of drug-likeness (QED) is 0.721. The van der Waals surface area contributed by atoms with Gasteiger partial charge in [-0.05, 0) is 25.3 Å². The minimum Gasteiger partial charge on any atom is -0.355 e. The van der Waals surface area contributed by atoms with E-state index in [0.29, 0.717) is 5.92 Å². The lowest BCUT2D eigenvalue weighted by Gasteiger charge is -2.40. The molecule has 2 aliphatic rings. The second-order valence-corrected chi connectivity index (χ2v) is 4.74. The number of aromatic amines is 1. The molecule has 0 radical (unpaired) electrons. The molecule has 1 aromatic rings. The molecule has 15 heavy (non-hydrogen) atoms. The van der Waals surface area contributed by atoms with Crippen molar-refractivity contribution >= 4 is 5.91 Å². The molecular weight excluding hydrogens is 190 g/mol. The van der Waals surface area contributed by atoms with Crippen LogP contribution < -0.4 is 5.32 Å². The van der Waals surface area contributed by atoms with Crippen LogP contribution in [-0.4, -0.2) is 22.6 Å². The molecule has 1 saturated heterocycles. The molecule has 3 rings (SSSR count). The summed E-state index contributed by atoms with van der Waals surface area (Å²) in [5.41, 5.74) is 2.20. The zero-order valence-corrected chi connectivity index (χ0v) is 8.84. The van der Waals surface area contributed by atoms with Gasteiger partial charge < -0.3 is 5.32 Å². The van der Waals surface area contributed by atoms with Gasteiger partial charge in [0.25, 0.3) is 0 Å². The highest BCUT2D eigenvalue weighted by molar-refractivity contribution is 5.87. The van der Waals surface area contributed by atoms with Crippen molar-refractivity contribution in [3.63, 3.8) is 0 Å². The summed E-state index contributed by atoms with van der Waals surface area (Å²) in [7, 11) is 0. The third kappa shape index (κ3) is 1.02. The third-order valence-corrected chi connectivity index (χ3v) is 4.05. The number of aryl methyl sites for hydroxylation is 1. The Balaban J connectivity index is 2.00. The lowest BCUT2D eigenvalue weighted by atomic mass is 9.61. The van der Waals surface area contributed by atoms with Crippen LogP contribution in [-0.2, 0) is 4.79 Å². The van der Waals surface area contributed by atoms with Crippen molar-refractivity contribution in [3.05, 3.63) is 17.5 Å². The number of H-pyrrole nitrogens is 1. The Hall–Kier alpha value is -1.32. The molecule has 2 fully saturated rings. The largest absolute Gasteiger partial charge is 0.355 e. The van der Waals surface area contributed by atoms with E-state index >= 15 is 0 Å². The van der Waals surface area contributed by atoms with E-state index in [1.165, 1.54) is 12.0 Å². The van der Waals surface area contributed by atoms with Crippen molar-refractivity contribution in [1.82, 2.24) is 15.5 Å². The number of hydrogen-bond acceptors (Lipinski definition) is 2. The number of carbonyl (C=O) groups excluding carboxylic acids is 1. The highest BCUT2D eigenvalue weighted by Gasteiger charge is 2.55. The molecule has 4 nitrogen and oxygen atoms in total. The van der Waals surface area contributed by atoms with Gasteiger partial charge in [0.1, 0.15) is 0 Å². The van der Waals surface area contributed by atoms with E-state index in [-0.39, 0.29) is 11.3 Å². The van der Waals surface area contributed by atoms with Crippen LogP contribution in [0.15, 0.2) is 6.20 Å². The average Bonchev–Trinajstić information content (AvgIpc) is 2.67. The van der Waals surface area contributed by atoms with E-state index in [2.05, 4.69) is 15.5 Å².